The molecular weight excluding hydrogens is 297 g/mol. The molecule has 0 atom stereocenters. The van der Waals surface area contributed by atoms with E-state index in [0.29, 0.717) is 11.4 Å². The summed E-state index contributed by atoms with van der Waals surface area (Å²) < 4.78 is 13.5. The molecule has 0 aliphatic rings. The zero-order valence-corrected chi connectivity index (χ0v) is 13.2. The fraction of sp³-hybridized carbons (Fsp3) is 0.235. The van der Waals surface area contributed by atoms with Crippen LogP contribution in [0.1, 0.15) is 31.1 Å². The van der Waals surface area contributed by atoms with Crippen molar-refractivity contribution in [3.8, 4) is 0 Å². The van der Waals surface area contributed by atoms with Crippen LogP contribution in [0.2, 0.25) is 0 Å². The van der Waals surface area contributed by atoms with Crippen LogP contribution >= 0.6 is 0 Å². The minimum absolute atomic E-state index is 0.0786. The lowest BCUT2D eigenvalue weighted by Crippen LogP contribution is -2.27. The topological polar surface area (TPSA) is 71.1 Å². The highest BCUT2D eigenvalue weighted by Crippen LogP contribution is 2.19. The molecule has 0 spiro atoms. The molecule has 2 aromatic rings. The van der Waals surface area contributed by atoms with Crippen LogP contribution in [0.3, 0.4) is 0 Å². The Labute approximate surface area is 133 Å². The third-order valence-electron chi connectivity index (χ3n) is 3.10. The number of rotatable bonds is 3. The van der Waals surface area contributed by atoms with Crippen molar-refractivity contribution in [3.05, 3.63) is 54.1 Å². The Hall–Kier alpha value is -2.76. The van der Waals surface area contributed by atoms with Gasteiger partial charge in [0.15, 0.2) is 5.82 Å². The third kappa shape index (κ3) is 4.35. The summed E-state index contributed by atoms with van der Waals surface area (Å²) in [5, 5.41) is 5.37. The SMILES string of the molecule is CC(C)(C)C(=O)Nc1ccc(NC(=O)c2ccncc2F)cc1. The van der Waals surface area contributed by atoms with Gasteiger partial charge in [-0.25, -0.2) is 4.39 Å². The molecule has 2 amide bonds. The minimum atomic E-state index is -0.681. The van der Waals surface area contributed by atoms with Crippen molar-refractivity contribution in [2.75, 3.05) is 10.6 Å². The van der Waals surface area contributed by atoms with Crippen molar-refractivity contribution in [3.63, 3.8) is 0 Å². The molecule has 120 valence electrons. The van der Waals surface area contributed by atoms with Gasteiger partial charge < -0.3 is 10.6 Å². The zero-order valence-electron chi connectivity index (χ0n) is 13.2. The summed E-state index contributed by atoms with van der Waals surface area (Å²) in [6.45, 7) is 5.46. The molecule has 6 heteroatoms. The van der Waals surface area contributed by atoms with Gasteiger partial charge in [0.1, 0.15) is 0 Å². The van der Waals surface area contributed by atoms with Crippen molar-refractivity contribution in [2.24, 2.45) is 5.41 Å². The van der Waals surface area contributed by atoms with Gasteiger partial charge in [-0.1, -0.05) is 20.8 Å². The first-order chi connectivity index (χ1) is 10.8. The molecule has 0 bridgehead atoms. The molecule has 2 rings (SSSR count). The van der Waals surface area contributed by atoms with E-state index in [1.165, 1.54) is 12.3 Å². The maximum atomic E-state index is 13.5. The normalized spacial score (nSPS) is 11.0. The summed E-state index contributed by atoms with van der Waals surface area (Å²) >= 11 is 0. The fourth-order valence-corrected chi connectivity index (χ4v) is 1.71. The summed E-state index contributed by atoms with van der Waals surface area (Å²) in [5.41, 5.74) is 0.550. The maximum absolute atomic E-state index is 13.5. The lowest BCUT2D eigenvalue weighted by molar-refractivity contribution is -0.123. The fourth-order valence-electron chi connectivity index (χ4n) is 1.71. The van der Waals surface area contributed by atoms with Gasteiger partial charge in [-0.3, -0.25) is 14.6 Å². The van der Waals surface area contributed by atoms with E-state index in [0.717, 1.165) is 6.20 Å². The molecule has 0 saturated heterocycles. The number of halogens is 1. The van der Waals surface area contributed by atoms with E-state index in [-0.39, 0.29) is 11.5 Å². The number of amides is 2. The molecule has 0 unspecified atom stereocenters. The second-order valence-corrected chi connectivity index (χ2v) is 6.09. The Balaban J connectivity index is 2.05. The van der Waals surface area contributed by atoms with Crippen LogP contribution < -0.4 is 10.6 Å². The first-order valence-corrected chi connectivity index (χ1v) is 7.10. The van der Waals surface area contributed by atoms with E-state index in [2.05, 4.69) is 15.6 Å². The molecule has 23 heavy (non-hydrogen) atoms. The monoisotopic (exact) mass is 315 g/mol. The Bertz CT molecular complexity index is 721. The molecule has 0 aliphatic heterocycles. The Morgan fingerprint density at radius 2 is 1.57 bits per heavy atom. The molecule has 2 N–H and O–H groups in total. The number of hydrogen-bond donors (Lipinski definition) is 2. The van der Waals surface area contributed by atoms with E-state index in [9.17, 15) is 14.0 Å². The largest absolute Gasteiger partial charge is 0.326 e. The van der Waals surface area contributed by atoms with Crippen molar-refractivity contribution in [2.45, 2.75) is 20.8 Å². The summed E-state index contributed by atoms with van der Waals surface area (Å²) in [6.07, 6.45) is 2.34. The van der Waals surface area contributed by atoms with Gasteiger partial charge in [0.05, 0.1) is 11.8 Å². The van der Waals surface area contributed by atoms with Crippen LogP contribution in [-0.2, 0) is 4.79 Å². The quantitative estimate of drug-likeness (QED) is 0.911. The molecule has 0 saturated carbocycles. The zero-order chi connectivity index (χ0) is 17.0. The predicted octanol–water partition coefficient (Wildman–Crippen LogP) is 3.46. The van der Waals surface area contributed by atoms with Gasteiger partial charge in [0.25, 0.3) is 5.91 Å². The number of pyridine rings is 1. The number of aromatic nitrogens is 1. The van der Waals surface area contributed by atoms with Crippen molar-refractivity contribution < 1.29 is 14.0 Å². The summed E-state index contributed by atoms with van der Waals surface area (Å²) in [6, 6.07) is 7.91. The van der Waals surface area contributed by atoms with E-state index >= 15 is 0 Å². The molecule has 1 heterocycles. The molecule has 5 nitrogen and oxygen atoms in total. The average Bonchev–Trinajstić information content (AvgIpc) is 2.48. The van der Waals surface area contributed by atoms with E-state index < -0.39 is 17.1 Å². The van der Waals surface area contributed by atoms with Crippen LogP contribution in [0.25, 0.3) is 0 Å². The minimum Gasteiger partial charge on any atom is -0.326 e. The number of nitrogens with one attached hydrogen (secondary N) is 2. The van der Waals surface area contributed by atoms with E-state index in [1.807, 2.05) is 20.8 Å². The number of nitrogens with zero attached hydrogens (tertiary/aromatic N) is 1. The number of hydrogen-bond acceptors (Lipinski definition) is 3. The maximum Gasteiger partial charge on any atom is 0.258 e. The molecule has 0 aliphatic carbocycles. The molecule has 0 fully saturated rings. The van der Waals surface area contributed by atoms with Crippen molar-refractivity contribution >= 4 is 23.2 Å². The molecular formula is C17H18FN3O2. The van der Waals surface area contributed by atoms with Gasteiger partial charge in [0, 0.05) is 23.0 Å². The summed E-state index contributed by atoms with van der Waals surface area (Å²) in [5.74, 6) is -1.34. The van der Waals surface area contributed by atoms with Crippen molar-refractivity contribution in [1.29, 1.82) is 0 Å². The smallest absolute Gasteiger partial charge is 0.258 e. The standard InChI is InChI=1S/C17H18FN3O2/c1-17(2,3)16(23)21-12-6-4-11(5-7-12)20-15(22)13-8-9-19-10-14(13)18/h4-10H,1-3H3,(H,20,22)(H,21,23). The second-order valence-electron chi connectivity index (χ2n) is 6.09. The van der Waals surface area contributed by atoms with Gasteiger partial charge in [-0.2, -0.15) is 0 Å². The first kappa shape index (κ1) is 16.6. The van der Waals surface area contributed by atoms with Crippen LogP contribution in [0, 0.1) is 11.2 Å². The molecule has 1 aromatic carbocycles. The first-order valence-electron chi connectivity index (χ1n) is 7.10. The second kappa shape index (κ2) is 6.56. The molecule has 1 aromatic heterocycles. The lowest BCUT2D eigenvalue weighted by Gasteiger charge is -2.17. The van der Waals surface area contributed by atoms with Crippen molar-refractivity contribution in [1.82, 2.24) is 4.98 Å². The highest BCUT2D eigenvalue weighted by molar-refractivity contribution is 6.04. The van der Waals surface area contributed by atoms with Crippen LogP contribution in [-0.4, -0.2) is 16.8 Å². The predicted molar refractivity (Wildman–Crippen MR) is 86.7 cm³/mol. The summed E-state index contributed by atoms with van der Waals surface area (Å²) in [7, 11) is 0. The average molecular weight is 315 g/mol. The number of carbonyl (C=O) groups excluding carboxylic acids is 2. The van der Waals surface area contributed by atoms with Crippen LogP contribution in [0.5, 0.6) is 0 Å². The Kier molecular flexibility index (Phi) is 4.74. The van der Waals surface area contributed by atoms with Crippen LogP contribution in [0.15, 0.2) is 42.7 Å². The van der Waals surface area contributed by atoms with Gasteiger partial charge >= 0.3 is 0 Å². The number of anilines is 2. The Morgan fingerprint density at radius 1 is 1.00 bits per heavy atom. The van der Waals surface area contributed by atoms with Gasteiger partial charge in [-0.15, -0.1) is 0 Å². The Morgan fingerprint density at radius 3 is 2.09 bits per heavy atom. The lowest BCUT2D eigenvalue weighted by atomic mass is 9.95. The highest BCUT2D eigenvalue weighted by Gasteiger charge is 2.21. The molecule has 0 radical (unpaired) electrons. The van der Waals surface area contributed by atoms with Crippen LogP contribution in [0.4, 0.5) is 15.8 Å². The highest BCUT2D eigenvalue weighted by atomic mass is 19.1. The third-order valence-corrected chi connectivity index (χ3v) is 3.10. The van der Waals surface area contributed by atoms with Gasteiger partial charge in [0.2, 0.25) is 5.91 Å². The summed E-state index contributed by atoms with van der Waals surface area (Å²) in [4.78, 5) is 27.5. The van der Waals surface area contributed by atoms with Gasteiger partial charge in [-0.05, 0) is 30.3 Å². The number of carbonyl (C=O) groups is 2. The van der Waals surface area contributed by atoms with E-state index in [1.54, 1.807) is 24.3 Å². The number of benzene rings is 1. The van der Waals surface area contributed by atoms with E-state index in [4.69, 9.17) is 0 Å².